The number of nitrogens with zero attached hydrogens (tertiary/aromatic N) is 2. The maximum atomic E-state index is 12.2. The SMILES string of the molecule is C=CCn1c(O)c(C2=NN[C@@H](c3ccc4c(c3)OCO4)C2)c(=O)[nH]c1=O. The van der Waals surface area contributed by atoms with E-state index in [4.69, 9.17) is 9.47 Å². The van der Waals surface area contributed by atoms with Gasteiger partial charge in [-0.15, -0.1) is 6.58 Å². The summed E-state index contributed by atoms with van der Waals surface area (Å²) >= 11 is 0. The van der Waals surface area contributed by atoms with E-state index in [0.29, 0.717) is 23.6 Å². The Morgan fingerprint density at radius 2 is 2.15 bits per heavy atom. The zero-order valence-electron chi connectivity index (χ0n) is 13.7. The first-order valence-electron chi connectivity index (χ1n) is 7.97. The average Bonchev–Trinajstić information content (AvgIpc) is 3.27. The minimum absolute atomic E-state index is 0.0257. The zero-order valence-corrected chi connectivity index (χ0v) is 13.7. The molecule has 2 aliphatic rings. The number of benzene rings is 1. The number of rotatable bonds is 4. The van der Waals surface area contributed by atoms with Gasteiger partial charge in [-0.2, -0.15) is 5.10 Å². The van der Waals surface area contributed by atoms with E-state index in [1.165, 1.54) is 6.08 Å². The number of fused-ring (bicyclic) bond motifs is 1. The smallest absolute Gasteiger partial charge is 0.331 e. The highest BCUT2D eigenvalue weighted by Gasteiger charge is 2.28. The van der Waals surface area contributed by atoms with Crippen molar-refractivity contribution in [1.82, 2.24) is 15.0 Å². The van der Waals surface area contributed by atoms with Crippen molar-refractivity contribution in [3.05, 3.63) is 62.8 Å². The van der Waals surface area contributed by atoms with Crippen LogP contribution in [0.5, 0.6) is 17.4 Å². The molecule has 0 bridgehead atoms. The first kappa shape index (κ1) is 16.0. The molecule has 3 N–H and O–H groups in total. The highest BCUT2D eigenvalue weighted by molar-refractivity contribution is 6.03. The molecule has 134 valence electrons. The molecule has 0 spiro atoms. The molecule has 0 amide bonds. The van der Waals surface area contributed by atoms with E-state index in [9.17, 15) is 14.7 Å². The van der Waals surface area contributed by atoms with Crippen molar-refractivity contribution in [2.24, 2.45) is 5.10 Å². The van der Waals surface area contributed by atoms with Crippen LogP contribution < -0.4 is 26.1 Å². The second kappa shape index (κ2) is 6.10. The van der Waals surface area contributed by atoms with Crippen LogP contribution in [0.15, 0.2) is 45.5 Å². The fourth-order valence-corrected chi connectivity index (χ4v) is 3.04. The molecule has 1 atom stereocenters. The highest BCUT2D eigenvalue weighted by Crippen LogP contribution is 2.36. The van der Waals surface area contributed by atoms with Crippen LogP contribution in [-0.2, 0) is 6.54 Å². The minimum Gasteiger partial charge on any atom is -0.494 e. The lowest BCUT2D eigenvalue weighted by Gasteiger charge is -2.11. The Kier molecular flexibility index (Phi) is 3.76. The number of aromatic amines is 1. The lowest BCUT2D eigenvalue weighted by molar-refractivity contribution is 0.174. The van der Waals surface area contributed by atoms with Crippen LogP contribution >= 0.6 is 0 Å². The largest absolute Gasteiger partial charge is 0.494 e. The van der Waals surface area contributed by atoms with Gasteiger partial charge in [0, 0.05) is 13.0 Å². The Balaban J connectivity index is 1.65. The van der Waals surface area contributed by atoms with Crippen LogP contribution in [0, 0.1) is 0 Å². The van der Waals surface area contributed by atoms with E-state index in [1.807, 2.05) is 18.2 Å². The van der Waals surface area contributed by atoms with E-state index < -0.39 is 17.1 Å². The standard InChI is InChI=1S/C17H16N4O5/c1-2-5-21-16(23)14(15(22)18-17(21)24)11-7-10(19-20-11)9-3-4-12-13(6-9)26-8-25-12/h2-4,6,10,19,23H,1,5,7-8H2,(H,18,22,24)/t10-/m1/s1. The first-order valence-corrected chi connectivity index (χ1v) is 7.97. The number of aromatic hydroxyl groups is 1. The summed E-state index contributed by atoms with van der Waals surface area (Å²) in [6.45, 7) is 3.80. The van der Waals surface area contributed by atoms with Crippen molar-refractivity contribution in [3.8, 4) is 17.4 Å². The van der Waals surface area contributed by atoms with Gasteiger partial charge in [0.05, 0.1) is 11.8 Å². The van der Waals surface area contributed by atoms with E-state index >= 15 is 0 Å². The lowest BCUT2D eigenvalue weighted by atomic mass is 9.99. The van der Waals surface area contributed by atoms with Crippen molar-refractivity contribution < 1.29 is 14.6 Å². The molecular formula is C17H16N4O5. The quantitative estimate of drug-likeness (QED) is 0.691. The number of H-pyrrole nitrogens is 1. The van der Waals surface area contributed by atoms with Crippen molar-refractivity contribution in [2.45, 2.75) is 19.0 Å². The Labute approximate surface area is 147 Å². The molecular weight excluding hydrogens is 340 g/mol. The van der Waals surface area contributed by atoms with Gasteiger partial charge < -0.3 is 20.0 Å². The van der Waals surface area contributed by atoms with Crippen LogP contribution in [0.2, 0.25) is 0 Å². The normalized spacial score (nSPS) is 17.7. The van der Waals surface area contributed by atoms with Crippen molar-refractivity contribution in [3.63, 3.8) is 0 Å². The van der Waals surface area contributed by atoms with Crippen molar-refractivity contribution >= 4 is 5.71 Å². The molecule has 1 aromatic carbocycles. The molecule has 0 unspecified atom stereocenters. The molecule has 2 aliphatic heterocycles. The number of nitrogens with one attached hydrogen (secondary N) is 2. The summed E-state index contributed by atoms with van der Waals surface area (Å²) in [5.41, 5.74) is 2.82. The number of hydrogen-bond acceptors (Lipinski definition) is 7. The molecule has 0 saturated heterocycles. The predicted octanol–water partition coefficient (Wildman–Crippen LogP) is 0.596. The van der Waals surface area contributed by atoms with E-state index in [1.54, 1.807) is 0 Å². The molecule has 3 heterocycles. The van der Waals surface area contributed by atoms with Crippen LogP contribution in [0.25, 0.3) is 0 Å². The molecule has 26 heavy (non-hydrogen) atoms. The topological polar surface area (TPSA) is 118 Å². The van der Waals surface area contributed by atoms with Crippen molar-refractivity contribution in [1.29, 1.82) is 0 Å². The summed E-state index contributed by atoms with van der Waals surface area (Å²) in [6, 6.07) is 5.34. The molecule has 2 aromatic rings. The third kappa shape index (κ3) is 2.53. The summed E-state index contributed by atoms with van der Waals surface area (Å²) in [5.74, 6) is 0.905. The Bertz CT molecular complexity index is 1040. The van der Waals surface area contributed by atoms with Crippen LogP contribution in [-0.4, -0.2) is 27.2 Å². The van der Waals surface area contributed by atoms with Crippen LogP contribution in [0.1, 0.15) is 23.6 Å². The Hall–Kier alpha value is -3.49. The first-order chi connectivity index (χ1) is 12.6. The summed E-state index contributed by atoms with van der Waals surface area (Å²) in [7, 11) is 0. The summed E-state index contributed by atoms with van der Waals surface area (Å²) in [6.07, 6.45) is 1.82. The molecule has 0 saturated carbocycles. The number of ether oxygens (including phenoxy) is 2. The maximum Gasteiger partial charge on any atom is 0.331 e. The highest BCUT2D eigenvalue weighted by atomic mass is 16.7. The second-order valence-corrected chi connectivity index (χ2v) is 5.91. The van der Waals surface area contributed by atoms with Gasteiger partial charge in [-0.25, -0.2) is 4.79 Å². The number of allylic oxidation sites excluding steroid dienone is 1. The van der Waals surface area contributed by atoms with Crippen LogP contribution in [0.3, 0.4) is 0 Å². The monoisotopic (exact) mass is 356 g/mol. The van der Waals surface area contributed by atoms with Gasteiger partial charge in [0.2, 0.25) is 12.7 Å². The lowest BCUT2D eigenvalue weighted by Crippen LogP contribution is -2.33. The Morgan fingerprint density at radius 1 is 1.35 bits per heavy atom. The second-order valence-electron chi connectivity index (χ2n) is 5.91. The fourth-order valence-electron chi connectivity index (χ4n) is 3.04. The van der Waals surface area contributed by atoms with Gasteiger partial charge in [-0.1, -0.05) is 12.1 Å². The molecule has 0 radical (unpaired) electrons. The molecule has 0 fully saturated rings. The minimum atomic E-state index is -0.699. The van der Waals surface area contributed by atoms with Gasteiger partial charge in [0.25, 0.3) is 5.56 Å². The summed E-state index contributed by atoms with van der Waals surface area (Å²) < 4.78 is 11.7. The van der Waals surface area contributed by atoms with E-state index in [2.05, 4.69) is 22.1 Å². The fraction of sp³-hybridized carbons (Fsp3) is 0.235. The summed E-state index contributed by atoms with van der Waals surface area (Å²) in [4.78, 5) is 26.2. The maximum absolute atomic E-state index is 12.2. The van der Waals surface area contributed by atoms with Gasteiger partial charge in [-0.05, 0) is 17.7 Å². The number of aromatic nitrogens is 2. The van der Waals surface area contributed by atoms with Gasteiger partial charge in [0.1, 0.15) is 5.56 Å². The van der Waals surface area contributed by atoms with E-state index in [0.717, 1.165) is 10.1 Å². The van der Waals surface area contributed by atoms with Crippen molar-refractivity contribution in [2.75, 3.05) is 6.79 Å². The van der Waals surface area contributed by atoms with Gasteiger partial charge in [0.15, 0.2) is 11.5 Å². The van der Waals surface area contributed by atoms with Gasteiger partial charge >= 0.3 is 5.69 Å². The molecule has 1 aromatic heterocycles. The number of hydrazone groups is 1. The third-order valence-corrected chi connectivity index (χ3v) is 4.32. The van der Waals surface area contributed by atoms with Gasteiger partial charge in [-0.3, -0.25) is 14.3 Å². The average molecular weight is 356 g/mol. The summed E-state index contributed by atoms with van der Waals surface area (Å²) in [5, 5.41) is 14.6. The predicted molar refractivity (Wildman–Crippen MR) is 92.8 cm³/mol. The third-order valence-electron chi connectivity index (χ3n) is 4.32. The Morgan fingerprint density at radius 3 is 2.96 bits per heavy atom. The molecule has 9 nitrogen and oxygen atoms in total. The number of hydrogen-bond donors (Lipinski definition) is 3. The zero-order chi connectivity index (χ0) is 18.3. The van der Waals surface area contributed by atoms with E-state index in [-0.39, 0.29) is 24.9 Å². The molecule has 4 rings (SSSR count). The van der Waals surface area contributed by atoms with Crippen LogP contribution in [0.4, 0.5) is 0 Å². The molecule has 9 heteroatoms. The molecule has 0 aliphatic carbocycles.